The van der Waals surface area contributed by atoms with E-state index in [0.29, 0.717) is 0 Å². The molecule has 0 spiro atoms. The maximum atomic E-state index is 4.88. The van der Waals surface area contributed by atoms with Gasteiger partial charge in [0.25, 0.3) is 0 Å². The molecule has 146 valence electrons. The summed E-state index contributed by atoms with van der Waals surface area (Å²) in [5, 5.41) is 0. The lowest BCUT2D eigenvalue weighted by Crippen LogP contribution is -2.46. The van der Waals surface area contributed by atoms with Gasteiger partial charge in [-0.25, -0.2) is 4.98 Å². The fraction of sp³-hybridized carbons (Fsp3) is 0.458. The molecule has 0 N–H and O–H groups in total. The zero-order valence-electron chi connectivity index (χ0n) is 17.0. The van der Waals surface area contributed by atoms with Crippen LogP contribution in [-0.4, -0.2) is 46.2 Å². The van der Waals surface area contributed by atoms with E-state index >= 15 is 0 Å². The van der Waals surface area contributed by atoms with Gasteiger partial charge in [-0.1, -0.05) is 24.3 Å². The van der Waals surface area contributed by atoms with Crippen molar-refractivity contribution >= 4 is 16.7 Å². The Morgan fingerprint density at radius 2 is 1.75 bits per heavy atom. The van der Waals surface area contributed by atoms with E-state index in [1.807, 2.05) is 0 Å². The number of aromatic nitrogens is 2. The number of piperidine rings is 1. The van der Waals surface area contributed by atoms with Crippen molar-refractivity contribution in [1.82, 2.24) is 14.5 Å². The zero-order chi connectivity index (χ0) is 19.1. The third kappa shape index (κ3) is 3.10. The van der Waals surface area contributed by atoms with Crippen LogP contribution in [0.15, 0.2) is 48.5 Å². The highest BCUT2D eigenvalue weighted by Gasteiger charge is 2.30. The Morgan fingerprint density at radius 1 is 0.929 bits per heavy atom. The van der Waals surface area contributed by atoms with Crippen LogP contribution in [0.3, 0.4) is 0 Å². The van der Waals surface area contributed by atoms with Gasteiger partial charge in [0.2, 0.25) is 0 Å². The number of imidazole rings is 1. The molecule has 4 nitrogen and oxygen atoms in total. The van der Waals surface area contributed by atoms with Gasteiger partial charge < -0.3 is 9.47 Å². The van der Waals surface area contributed by atoms with Crippen molar-refractivity contribution in [2.45, 2.75) is 44.7 Å². The van der Waals surface area contributed by atoms with Gasteiger partial charge in [0.05, 0.1) is 11.0 Å². The molecule has 2 aliphatic rings. The van der Waals surface area contributed by atoms with E-state index < -0.39 is 0 Å². The smallest absolute Gasteiger partial charge is 0.140 e. The summed E-state index contributed by atoms with van der Waals surface area (Å²) in [6.45, 7) is 6.01. The van der Waals surface area contributed by atoms with Crippen molar-refractivity contribution in [2.75, 3.05) is 24.5 Å². The first-order chi connectivity index (χ1) is 13.7. The van der Waals surface area contributed by atoms with Gasteiger partial charge in [-0.05, 0) is 63.4 Å². The number of benzene rings is 2. The van der Waals surface area contributed by atoms with E-state index in [1.165, 1.54) is 49.0 Å². The van der Waals surface area contributed by atoms with Crippen LogP contribution in [0, 0.1) is 0 Å². The predicted octanol–water partition coefficient (Wildman–Crippen LogP) is 4.69. The van der Waals surface area contributed by atoms with Gasteiger partial charge in [-0.2, -0.15) is 0 Å². The van der Waals surface area contributed by atoms with Crippen LogP contribution in [0.4, 0.5) is 5.69 Å². The molecule has 3 heterocycles. The Kier molecular flexibility index (Phi) is 4.59. The molecule has 0 aliphatic carbocycles. The van der Waals surface area contributed by atoms with Crippen molar-refractivity contribution in [3.8, 4) is 11.4 Å². The number of aryl methyl sites for hydroxylation is 1. The number of rotatable bonds is 3. The normalized spacial score (nSPS) is 21.6. The van der Waals surface area contributed by atoms with Crippen LogP contribution in [0.2, 0.25) is 0 Å². The molecule has 0 radical (unpaired) electrons. The maximum absolute atomic E-state index is 4.88. The van der Waals surface area contributed by atoms with Crippen LogP contribution in [0.25, 0.3) is 22.4 Å². The highest BCUT2D eigenvalue weighted by atomic mass is 15.2. The van der Waals surface area contributed by atoms with Crippen LogP contribution >= 0.6 is 0 Å². The Balaban J connectivity index is 1.35. The van der Waals surface area contributed by atoms with E-state index in [4.69, 9.17) is 4.98 Å². The summed E-state index contributed by atoms with van der Waals surface area (Å²) in [6.07, 6.45) is 5.31. The number of hydrogen-bond donors (Lipinski definition) is 0. The lowest BCUT2D eigenvalue weighted by atomic mass is 10.0. The summed E-state index contributed by atoms with van der Waals surface area (Å²) in [5.74, 6) is 1.05. The first kappa shape index (κ1) is 17.7. The van der Waals surface area contributed by atoms with E-state index in [-0.39, 0.29) is 0 Å². The Bertz CT molecular complexity index is 968. The molecule has 0 saturated carbocycles. The van der Waals surface area contributed by atoms with Crippen molar-refractivity contribution in [3.05, 3.63) is 48.5 Å². The molecule has 2 aliphatic heterocycles. The van der Waals surface area contributed by atoms with E-state index in [1.54, 1.807) is 0 Å². The fourth-order valence-corrected chi connectivity index (χ4v) is 5.20. The second-order valence-corrected chi connectivity index (χ2v) is 8.48. The summed E-state index contributed by atoms with van der Waals surface area (Å²) in [5.41, 5.74) is 4.78. The second-order valence-electron chi connectivity index (χ2n) is 8.48. The number of nitrogens with zero attached hydrogens (tertiary/aromatic N) is 4. The number of hydrogen-bond acceptors (Lipinski definition) is 3. The second kappa shape index (κ2) is 7.25. The molecule has 28 heavy (non-hydrogen) atoms. The summed E-state index contributed by atoms with van der Waals surface area (Å²) < 4.78 is 2.20. The molecule has 0 amide bonds. The minimum Gasteiger partial charge on any atom is -0.371 e. The molecule has 2 fully saturated rings. The van der Waals surface area contributed by atoms with Crippen molar-refractivity contribution in [3.63, 3.8) is 0 Å². The maximum Gasteiger partial charge on any atom is 0.140 e. The van der Waals surface area contributed by atoms with E-state index in [0.717, 1.165) is 36.5 Å². The number of fused-ring (bicyclic) bond motifs is 1. The highest BCUT2D eigenvalue weighted by molar-refractivity contribution is 5.81. The summed E-state index contributed by atoms with van der Waals surface area (Å²) in [4.78, 5) is 10.2. The standard InChI is InChI=1S/C24H30N4/c1-18-7-6-14-28(18)20-12-15-27(16-13-20)21-9-5-8-19(17-21)24-25-22-10-3-4-11-23(22)26(24)2/h3-5,8-11,17-18,20H,6-7,12-16H2,1-2H3. The van der Waals surface area contributed by atoms with Crippen LogP contribution in [-0.2, 0) is 7.05 Å². The third-order valence-corrected chi connectivity index (χ3v) is 6.79. The van der Waals surface area contributed by atoms with Gasteiger partial charge in [-0.3, -0.25) is 4.90 Å². The van der Waals surface area contributed by atoms with Gasteiger partial charge in [0.15, 0.2) is 0 Å². The topological polar surface area (TPSA) is 24.3 Å². The lowest BCUT2D eigenvalue weighted by Gasteiger charge is -2.39. The fourth-order valence-electron chi connectivity index (χ4n) is 5.20. The van der Waals surface area contributed by atoms with Crippen LogP contribution in [0.1, 0.15) is 32.6 Å². The Morgan fingerprint density at radius 3 is 2.50 bits per heavy atom. The minimum atomic E-state index is 0.775. The average molecular weight is 375 g/mol. The monoisotopic (exact) mass is 374 g/mol. The summed E-state index contributed by atoms with van der Waals surface area (Å²) >= 11 is 0. The predicted molar refractivity (Wildman–Crippen MR) is 117 cm³/mol. The van der Waals surface area contributed by atoms with Gasteiger partial charge in [-0.15, -0.1) is 0 Å². The van der Waals surface area contributed by atoms with Gasteiger partial charge in [0, 0.05) is 43.5 Å². The summed E-state index contributed by atoms with van der Waals surface area (Å²) in [7, 11) is 2.11. The molecule has 0 bridgehead atoms. The molecule has 1 aromatic heterocycles. The molecule has 2 saturated heterocycles. The van der Waals surface area contributed by atoms with Crippen LogP contribution < -0.4 is 4.90 Å². The molecule has 3 aromatic rings. The van der Waals surface area contributed by atoms with Gasteiger partial charge in [0.1, 0.15) is 5.82 Å². The first-order valence-electron chi connectivity index (χ1n) is 10.7. The SMILES string of the molecule is CC1CCCN1C1CCN(c2cccc(-c3nc4ccccc4n3C)c2)CC1. The van der Waals surface area contributed by atoms with Crippen molar-refractivity contribution < 1.29 is 0 Å². The van der Waals surface area contributed by atoms with Gasteiger partial charge >= 0.3 is 0 Å². The third-order valence-electron chi connectivity index (χ3n) is 6.79. The van der Waals surface area contributed by atoms with E-state index in [9.17, 15) is 0 Å². The molecular formula is C24H30N4. The Hall–Kier alpha value is -2.33. The van der Waals surface area contributed by atoms with Crippen molar-refractivity contribution in [1.29, 1.82) is 0 Å². The van der Waals surface area contributed by atoms with Crippen molar-refractivity contribution in [2.24, 2.45) is 7.05 Å². The molecule has 1 unspecified atom stereocenters. The minimum absolute atomic E-state index is 0.775. The number of anilines is 1. The summed E-state index contributed by atoms with van der Waals surface area (Å²) in [6, 6.07) is 18.9. The number of likely N-dealkylation sites (tertiary alicyclic amines) is 1. The average Bonchev–Trinajstić information content (AvgIpc) is 3.32. The molecule has 1 atom stereocenters. The number of para-hydroxylation sites is 2. The molecule has 2 aromatic carbocycles. The lowest BCUT2D eigenvalue weighted by molar-refractivity contribution is 0.163. The quantitative estimate of drug-likeness (QED) is 0.664. The Labute approximate surface area is 167 Å². The highest BCUT2D eigenvalue weighted by Crippen LogP contribution is 2.30. The molecular weight excluding hydrogens is 344 g/mol. The van der Waals surface area contributed by atoms with E-state index in [2.05, 4.69) is 76.9 Å². The first-order valence-corrected chi connectivity index (χ1v) is 10.7. The largest absolute Gasteiger partial charge is 0.371 e. The van der Waals surface area contributed by atoms with Crippen LogP contribution in [0.5, 0.6) is 0 Å². The zero-order valence-corrected chi connectivity index (χ0v) is 17.0. The molecule has 4 heteroatoms. The molecule has 5 rings (SSSR count).